The molecule has 3 rings (SSSR count). The van der Waals surface area contributed by atoms with E-state index in [0.717, 1.165) is 37.4 Å². The van der Waals surface area contributed by atoms with Crippen LogP contribution in [-0.4, -0.2) is 33.7 Å². The summed E-state index contributed by atoms with van der Waals surface area (Å²) in [5, 5.41) is 8.18. The fourth-order valence-corrected chi connectivity index (χ4v) is 3.33. The highest BCUT2D eigenvalue weighted by atomic mass is 35.5. The van der Waals surface area contributed by atoms with Gasteiger partial charge in [0.25, 0.3) is 5.91 Å². The Balaban J connectivity index is 1.60. The summed E-state index contributed by atoms with van der Waals surface area (Å²) < 4.78 is 2.06. The summed E-state index contributed by atoms with van der Waals surface area (Å²) in [5.74, 6) is -0.115. The van der Waals surface area contributed by atoms with Gasteiger partial charge in [-0.1, -0.05) is 31.0 Å². The molecule has 0 unspecified atom stereocenters. The van der Waals surface area contributed by atoms with Gasteiger partial charge in [0.05, 0.1) is 24.5 Å². The van der Waals surface area contributed by atoms with E-state index in [2.05, 4.69) is 33.0 Å². The fourth-order valence-electron chi connectivity index (χ4n) is 3.16. The third-order valence-corrected chi connectivity index (χ3v) is 5.11. The molecule has 2 heterocycles. The van der Waals surface area contributed by atoms with Crippen LogP contribution in [0.15, 0.2) is 24.3 Å². The predicted octanol–water partition coefficient (Wildman–Crippen LogP) is 3.39. The van der Waals surface area contributed by atoms with Crippen LogP contribution in [0.4, 0.5) is 0 Å². The van der Waals surface area contributed by atoms with Crippen LogP contribution in [0.2, 0.25) is 5.02 Å². The summed E-state index contributed by atoms with van der Waals surface area (Å²) in [6.45, 7) is 8.55. The van der Waals surface area contributed by atoms with Gasteiger partial charge in [0, 0.05) is 23.7 Å². The number of carbonyl (C=O) groups excluding carboxylic acids is 1. The molecule has 25 heavy (non-hydrogen) atoms. The second-order valence-corrected chi connectivity index (χ2v) is 6.98. The molecule has 2 aromatic rings. The number of fused-ring (bicyclic) bond motifs is 1. The minimum absolute atomic E-state index is 0.115. The molecule has 0 atom stereocenters. The Labute approximate surface area is 154 Å². The van der Waals surface area contributed by atoms with Crippen LogP contribution in [-0.2, 0) is 19.6 Å². The van der Waals surface area contributed by atoms with Gasteiger partial charge in [-0.15, -0.1) is 0 Å². The highest BCUT2D eigenvalue weighted by Crippen LogP contribution is 2.19. The van der Waals surface area contributed by atoms with Crippen LogP contribution in [0.3, 0.4) is 0 Å². The summed E-state index contributed by atoms with van der Waals surface area (Å²) in [6.07, 6.45) is 2.45. The molecular weight excluding hydrogens is 336 g/mol. The van der Waals surface area contributed by atoms with Gasteiger partial charge in [-0.05, 0) is 43.7 Å². The zero-order chi connectivity index (χ0) is 17.8. The number of unbranched alkanes of at least 4 members (excludes halogenated alkanes) is 1. The molecule has 0 bridgehead atoms. The second kappa shape index (κ2) is 8.02. The number of halogens is 1. The van der Waals surface area contributed by atoms with Crippen LogP contribution in [0.25, 0.3) is 0 Å². The molecule has 5 nitrogen and oxygen atoms in total. The largest absolute Gasteiger partial charge is 0.346 e. The summed E-state index contributed by atoms with van der Waals surface area (Å²) in [4.78, 5) is 14.9. The number of rotatable bonds is 6. The molecule has 0 aliphatic carbocycles. The van der Waals surface area contributed by atoms with Gasteiger partial charge in [-0.2, -0.15) is 5.10 Å². The molecule has 1 aromatic carbocycles. The first-order chi connectivity index (χ1) is 12.1. The van der Waals surface area contributed by atoms with Crippen molar-refractivity contribution in [3.63, 3.8) is 0 Å². The number of nitrogens with one attached hydrogen (secondary N) is 1. The van der Waals surface area contributed by atoms with Crippen molar-refractivity contribution in [2.24, 2.45) is 0 Å². The lowest BCUT2D eigenvalue weighted by molar-refractivity contribution is 0.0949. The Kier molecular flexibility index (Phi) is 5.76. The monoisotopic (exact) mass is 360 g/mol. The average molecular weight is 361 g/mol. The number of benzene rings is 1. The standard InChI is InChI=1S/C19H25ClN4O/c1-3-4-8-23-9-10-24-16(13-23)11-15(22-24)12-21-19(25)17-6-5-7-18(20)14(17)2/h5-7,11H,3-4,8-10,12-13H2,1-2H3,(H,21,25). The highest BCUT2D eigenvalue weighted by Gasteiger charge is 2.18. The lowest BCUT2D eigenvalue weighted by Crippen LogP contribution is -2.34. The number of aromatic nitrogens is 2. The van der Waals surface area contributed by atoms with Crippen molar-refractivity contribution in [3.05, 3.63) is 51.8 Å². The first-order valence-electron chi connectivity index (χ1n) is 8.89. The highest BCUT2D eigenvalue weighted by molar-refractivity contribution is 6.31. The van der Waals surface area contributed by atoms with Gasteiger partial charge < -0.3 is 5.32 Å². The molecule has 0 radical (unpaired) electrons. The first kappa shape index (κ1) is 18.0. The van der Waals surface area contributed by atoms with E-state index in [1.165, 1.54) is 18.5 Å². The second-order valence-electron chi connectivity index (χ2n) is 6.57. The molecule has 1 N–H and O–H groups in total. The predicted molar refractivity (Wildman–Crippen MR) is 99.8 cm³/mol. The van der Waals surface area contributed by atoms with Crippen LogP contribution < -0.4 is 5.32 Å². The van der Waals surface area contributed by atoms with E-state index < -0.39 is 0 Å². The van der Waals surface area contributed by atoms with E-state index in [1.807, 2.05) is 6.92 Å². The maximum Gasteiger partial charge on any atom is 0.251 e. The van der Waals surface area contributed by atoms with Gasteiger partial charge in [-0.3, -0.25) is 14.4 Å². The SMILES string of the molecule is CCCCN1CCn2nc(CNC(=O)c3cccc(Cl)c3C)cc2C1. The molecule has 6 heteroatoms. The summed E-state index contributed by atoms with van der Waals surface area (Å²) in [5.41, 5.74) is 3.55. The van der Waals surface area contributed by atoms with Crippen LogP contribution in [0.1, 0.15) is 47.1 Å². The maximum atomic E-state index is 12.4. The molecule has 0 saturated heterocycles. The van der Waals surface area contributed by atoms with E-state index in [1.54, 1.807) is 18.2 Å². The Hall–Kier alpha value is -1.85. The lowest BCUT2D eigenvalue weighted by atomic mass is 10.1. The van der Waals surface area contributed by atoms with Crippen molar-refractivity contribution < 1.29 is 4.79 Å². The topological polar surface area (TPSA) is 50.2 Å². The quantitative estimate of drug-likeness (QED) is 0.859. The fraction of sp³-hybridized carbons (Fsp3) is 0.474. The minimum Gasteiger partial charge on any atom is -0.346 e. The Morgan fingerprint density at radius 1 is 1.36 bits per heavy atom. The van der Waals surface area contributed by atoms with Gasteiger partial charge in [0.2, 0.25) is 0 Å². The number of amides is 1. The number of hydrogen-bond donors (Lipinski definition) is 1. The van der Waals surface area contributed by atoms with Crippen molar-refractivity contribution in [3.8, 4) is 0 Å². The van der Waals surface area contributed by atoms with E-state index >= 15 is 0 Å². The molecular formula is C19H25ClN4O. The van der Waals surface area contributed by atoms with Crippen LogP contribution in [0.5, 0.6) is 0 Å². The summed E-state index contributed by atoms with van der Waals surface area (Å²) >= 11 is 6.09. The Morgan fingerprint density at radius 3 is 3.00 bits per heavy atom. The molecule has 0 saturated carbocycles. The first-order valence-corrected chi connectivity index (χ1v) is 9.27. The van der Waals surface area contributed by atoms with Gasteiger partial charge in [0.1, 0.15) is 0 Å². The molecule has 0 spiro atoms. The molecule has 1 aromatic heterocycles. The minimum atomic E-state index is -0.115. The molecule has 1 aliphatic heterocycles. The van der Waals surface area contributed by atoms with Gasteiger partial charge in [0.15, 0.2) is 0 Å². The Bertz CT molecular complexity index is 756. The van der Waals surface area contributed by atoms with Crippen molar-refractivity contribution >= 4 is 17.5 Å². The summed E-state index contributed by atoms with van der Waals surface area (Å²) in [7, 11) is 0. The number of carbonyl (C=O) groups is 1. The van der Waals surface area contributed by atoms with Crippen molar-refractivity contribution in [2.75, 3.05) is 13.1 Å². The van der Waals surface area contributed by atoms with E-state index in [9.17, 15) is 4.79 Å². The molecule has 0 fully saturated rings. The van der Waals surface area contributed by atoms with Crippen molar-refractivity contribution in [2.45, 2.75) is 46.3 Å². The molecule has 1 aliphatic rings. The summed E-state index contributed by atoms with van der Waals surface area (Å²) in [6, 6.07) is 7.48. The zero-order valence-corrected chi connectivity index (χ0v) is 15.6. The van der Waals surface area contributed by atoms with Crippen molar-refractivity contribution in [1.82, 2.24) is 20.0 Å². The number of hydrogen-bond acceptors (Lipinski definition) is 3. The maximum absolute atomic E-state index is 12.4. The van der Waals surface area contributed by atoms with Crippen LogP contribution in [0, 0.1) is 6.92 Å². The zero-order valence-electron chi connectivity index (χ0n) is 14.9. The van der Waals surface area contributed by atoms with Crippen molar-refractivity contribution in [1.29, 1.82) is 0 Å². The third kappa shape index (κ3) is 4.22. The van der Waals surface area contributed by atoms with Gasteiger partial charge >= 0.3 is 0 Å². The van der Waals surface area contributed by atoms with Gasteiger partial charge in [-0.25, -0.2) is 0 Å². The smallest absolute Gasteiger partial charge is 0.251 e. The average Bonchev–Trinajstić information content (AvgIpc) is 3.02. The molecule has 134 valence electrons. The number of nitrogens with zero attached hydrogens (tertiary/aromatic N) is 3. The normalized spacial score (nSPS) is 14.4. The van der Waals surface area contributed by atoms with E-state index in [4.69, 9.17) is 11.6 Å². The van der Waals surface area contributed by atoms with E-state index in [-0.39, 0.29) is 5.91 Å². The Morgan fingerprint density at radius 2 is 2.20 bits per heavy atom. The lowest BCUT2D eigenvalue weighted by Gasteiger charge is -2.27. The van der Waals surface area contributed by atoms with Crippen LogP contribution >= 0.6 is 11.6 Å². The molecule has 1 amide bonds. The van der Waals surface area contributed by atoms with E-state index in [0.29, 0.717) is 17.1 Å². The third-order valence-electron chi connectivity index (χ3n) is 4.70.